The first-order valence-corrected chi connectivity index (χ1v) is 12.0. The van der Waals surface area contributed by atoms with Gasteiger partial charge in [-0.05, 0) is 55.2 Å². The highest BCUT2D eigenvalue weighted by Gasteiger charge is 2.05. The molecular formula is C27H42O4. The molecule has 0 atom stereocenters. The van der Waals surface area contributed by atoms with Gasteiger partial charge in [-0.25, -0.2) is 0 Å². The van der Waals surface area contributed by atoms with E-state index in [2.05, 4.69) is 31.2 Å². The summed E-state index contributed by atoms with van der Waals surface area (Å²) in [5.41, 5.74) is 2.22. The highest BCUT2D eigenvalue weighted by molar-refractivity contribution is 5.69. The topological polar surface area (TPSA) is 66.8 Å². The number of aliphatic hydroxyl groups excluding tert-OH is 2. The van der Waals surface area contributed by atoms with Crippen LogP contribution < -0.4 is 0 Å². The van der Waals surface area contributed by atoms with Crippen molar-refractivity contribution in [2.24, 2.45) is 0 Å². The lowest BCUT2D eigenvalue weighted by molar-refractivity contribution is -0.145. The average molecular weight is 431 g/mol. The summed E-state index contributed by atoms with van der Waals surface area (Å²) in [4.78, 5) is 11.9. The average Bonchev–Trinajstić information content (AvgIpc) is 2.79. The van der Waals surface area contributed by atoms with Gasteiger partial charge in [-0.1, -0.05) is 81.5 Å². The fraction of sp³-hybridized carbons (Fsp3) is 0.593. The van der Waals surface area contributed by atoms with E-state index in [4.69, 9.17) is 4.74 Å². The number of esters is 1. The minimum atomic E-state index is -0.189. The number of carbonyl (C=O) groups excluding carboxylic acids is 1. The number of rotatable bonds is 18. The number of hydrogen-bond donors (Lipinski definition) is 2. The second kappa shape index (κ2) is 18.8. The molecule has 0 aliphatic carbocycles. The van der Waals surface area contributed by atoms with Gasteiger partial charge in [-0.3, -0.25) is 4.79 Å². The Balaban J connectivity index is 2.01. The van der Waals surface area contributed by atoms with Crippen LogP contribution in [0.4, 0.5) is 0 Å². The van der Waals surface area contributed by atoms with Gasteiger partial charge in [-0.15, -0.1) is 0 Å². The smallest absolute Gasteiger partial charge is 0.306 e. The molecule has 0 saturated carbocycles. The Morgan fingerprint density at radius 1 is 0.774 bits per heavy atom. The minimum absolute atomic E-state index is 0.0965. The Labute approximate surface area is 189 Å². The number of benzene rings is 1. The summed E-state index contributed by atoms with van der Waals surface area (Å²) in [5.74, 6) is -0.189. The lowest BCUT2D eigenvalue weighted by Gasteiger charge is -2.08. The van der Waals surface area contributed by atoms with Gasteiger partial charge in [0, 0.05) is 6.42 Å². The SMILES string of the molecule is CCCCC/C=C\C/C=C\CCCCCCCC(=O)OCc1cc(CO)cc(CO)c1. The molecule has 0 saturated heterocycles. The normalized spacial score (nSPS) is 11.6. The maximum Gasteiger partial charge on any atom is 0.306 e. The van der Waals surface area contributed by atoms with Crippen LogP contribution in [0.5, 0.6) is 0 Å². The summed E-state index contributed by atoms with van der Waals surface area (Å²) in [6, 6.07) is 5.34. The Hall–Kier alpha value is -1.91. The Morgan fingerprint density at radius 2 is 1.32 bits per heavy atom. The maximum absolute atomic E-state index is 11.9. The summed E-state index contributed by atoms with van der Waals surface area (Å²) in [5, 5.41) is 18.5. The maximum atomic E-state index is 11.9. The zero-order valence-corrected chi connectivity index (χ0v) is 19.4. The molecule has 4 nitrogen and oxygen atoms in total. The van der Waals surface area contributed by atoms with Crippen molar-refractivity contribution < 1.29 is 19.7 Å². The van der Waals surface area contributed by atoms with Crippen molar-refractivity contribution in [3.05, 3.63) is 59.2 Å². The summed E-state index contributed by atoms with van der Waals surface area (Å²) in [6.07, 6.45) is 22.3. The van der Waals surface area contributed by atoms with E-state index >= 15 is 0 Å². The van der Waals surface area contributed by atoms with Crippen molar-refractivity contribution in [2.75, 3.05) is 0 Å². The van der Waals surface area contributed by atoms with E-state index in [1.54, 1.807) is 18.2 Å². The molecule has 174 valence electrons. The highest BCUT2D eigenvalue weighted by Crippen LogP contribution is 2.13. The van der Waals surface area contributed by atoms with Gasteiger partial charge >= 0.3 is 5.97 Å². The van der Waals surface area contributed by atoms with E-state index in [0.717, 1.165) is 37.7 Å². The first-order chi connectivity index (χ1) is 15.2. The van der Waals surface area contributed by atoms with E-state index in [0.29, 0.717) is 17.5 Å². The molecule has 0 bridgehead atoms. The molecule has 0 unspecified atom stereocenters. The van der Waals surface area contributed by atoms with Crippen LogP contribution in [0.1, 0.15) is 101 Å². The quantitative estimate of drug-likeness (QED) is 0.158. The molecule has 1 rings (SSSR count). The van der Waals surface area contributed by atoms with Crippen LogP contribution in [0.2, 0.25) is 0 Å². The minimum Gasteiger partial charge on any atom is -0.461 e. The van der Waals surface area contributed by atoms with Crippen molar-refractivity contribution in [2.45, 2.75) is 104 Å². The van der Waals surface area contributed by atoms with Crippen LogP contribution in [0.3, 0.4) is 0 Å². The zero-order chi connectivity index (χ0) is 22.6. The molecule has 0 aliphatic heterocycles. The number of aliphatic hydroxyl groups is 2. The number of carbonyl (C=O) groups is 1. The largest absolute Gasteiger partial charge is 0.461 e. The predicted octanol–water partition coefficient (Wildman–Crippen LogP) is 6.53. The van der Waals surface area contributed by atoms with Gasteiger partial charge in [0.2, 0.25) is 0 Å². The Morgan fingerprint density at radius 3 is 1.94 bits per heavy atom. The van der Waals surface area contributed by atoms with Gasteiger partial charge in [0.1, 0.15) is 6.61 Å². The van der Waals surface area contributed by atoms with Crippen LogP contribution >= 0.6 is 0 Å². The van der Waals surface area contributed by atoms with Crippen LogP contribution in [0, 0.1) is 0 Å². The third-order valence-electron chi connectivity index (χ3n) is 5.21. The number of ether oxygens (including phenoxy) is 1. The molecular weight excluding hydrogens is 388 g/mol. The number of hydrogen-bond acceptors (Lipinski definition) is 4. The molecule has 0 aromatic heterocycles. The summed E-state index contributed by atoms with van der Waals surface area (Å²) in [7, 11) is 0. The van der Waals surface area contributed by atoms with Crippen molar-refractivity contribution >= 4 is 5.97 Å². The zero-order valence-electron chi connectivity index (χ0n) is 19.4. The van der Waals surface area contributed by atoms with Gasteiger partial charge in [0.05, 0.1) is 13.2 Å². The molecule has 1 aromatic rings. The Bertz CT molecular complexity index is 626. The predicted molar refractivity (Wildman–Crippen MR) is 127 cm³/mol. The second-order valence-corrected chi connectivity index (χ2v) is 8.12. The van der Waals surface area contributed by atoms with Crippen molar-refractivity contribution in [1.82, 2.24) is 0 Å². The van der Waals surface area contributed by atoms with E-state index in [-0.39, 0.29) is 25.8 Å². The Kier molecular flexibility index (Phi) is 16.5. The molecule has 0 spiro atoms. The molecule has 31 heavy (non-hydrogen) atoms. The second-order valence-electron chi connectivity index (χ2n) is 8.12. The van der Waals surface area contributed by atoms with Gasteiger partial charge in [0.15, 0.2) is 0 Å². The van der Waals surface area contributed by atoms with Crippen LogP contribution in [0.15, 0.2) is 42.5 Å². The molecule has 0 aliphatic rings. The number of unbranched alkanes of at least 4 members (excludes halogenated alkanes) is 8. The van der Waals surface area contributed by atoms with E-state index in [1.165, 1.54) is 38.5 Å². The lowest BCUT2D eigenvalue weighted by atomic mass is 10.1. The molecule has 4 heteroatoms. The third kappa shape index (κ3) is 14.7. The summed E-state index contributed by atoms with van der Waals surface area (Å²) < 4.78 is 5.33. The van der Waals surface area contributed by atoms with Crippen molar-refractivity contribution in [3.63, 3.8) is 0 Å². The van der Waals surface area contributed by atoms with Crippen molar-refractivity contribution in [1.29, 1.82) is 0 Å². The fourth-order valence-electron chi connectivity index (χ4n) is 3.42. The van der Waals surface area contributed by atoms with Gasteiger partial charge in [0.25, 0.3) is 0 Å². The molecule has 1 aromatic carbocycles. The lowest BCUT2D eigenvalue weighted by Crippen LogP contribution is -2.05. The first-order valence-electron chi connectivity index (χ1n) is 12.0. The van der Waals surface area contributed by atoms with E-state index < -0.39 is 0 Å². The fourth-order valence-corrected chi connectivity index (χ4v) is 3.42. The number of allylic oxidation sites excluding steroid dienone is 4. The van der Waals surface area contributed by atoms with Crippen LogP contribution in [-0.4, -0.2) is 16.2 Å². The summed E-state index contributed by atoms with van der Waals surface area (Å²) >= 11 is 0. The first kappa shape index (κ1) is 27.1. The van der Waals surface area contributed by atoms with Gasteiger partial charge in [-0.2, -0.15) is 0 Å². The summed E-state index contributed by atoms with van der Waals surface area (Å²) in [6.45, 7) is 2.22. The van der Waals surface area contributed by atoms with Crippen molar-refractivity contribution in [3.8, 4) is 0 Å². The molecule has 0 radical (unpaired) electrons. The molecule has 0 heterocycles. The van der Waals surface area contributed by atoms with Crippen LogP contribution in [-0.2, 0) is 29.4 Å². The third-order valence-corrected chi connectivity index (χ3v) is 5.21. The monoisotopic (exact) mass is 430 g/mol. The molecule has 0 amide bonds. The molecule has 0 fully saturated rings. The van der Waals surface area contributed by atoms with E-state index in [9.17, 15) is 15.0 Å². The van der Waals surface area contributed by atoms with E-state index in [1.807, 2.05) is 0 Å². The highest BCUT2D eigenvalue weighted by atomic mass is 16.5. The van der Waals surface area contributed by atoms with Crippen LogP contribution in [0.25, 0.3) is 0 Å². The molecule has 2 N–H and O–H groups in total. The van der Waals surface area contributed by atoms with Gasteiger partial charge < -0.3 is 14.9 Å². The standard InChI is InChI=1S/C27H42O4/c1-2-3-4-5-6-7-8-9-10-11-12-13-14-15-16-17-27(30)31-23-26-19-24(21-28)18-25(20-26)22-29/h6-7,9-10,18-20,28-29H,2-5,8,11-17,21-23H2,1H3/b7-6-,10-9-.